The molecule has 36 heavy (non-hydrogen) atoms. The summed E-state index contributed by atoms with van der Waals surface area (Å²) in [5, 5.41) is 9.85. The molecule has 3 aromatic carbocycles. The number of nitrogens with two attached hydrogens (primary N) is 1. The Labute approximate surface area is 209 Å². The Bertz CT molecular complexity index is 1310. The number of carbonyl (C=O) groups excluding carboxylic acids is 1. The lowest BCUT2D eigenvalue weighted by Crippen LogP contribution is -2.22. The molecule has 2 N–H and O–H groups in total. The van der Waals surface area contributed by atoms with Gasteiger partial charge in [0.15, 0.2) is 18.1 Å². The second-order valence-corrected chi connectivity index (χ2v) is 7.77. The van der Waals surface area contributed by atoms with Crippen LogP contribution in [0.15, 0.2) is 78.2 Å². The summed E-state index contributed by atoms with van der Waals surface area (Å²) in [4.78, 5) is 12.3. The lowest BCUT2D eigenvalue weighted by Gasteiger charge is -2.27. The number of nitriles is 1. The van der Waals surface area contributed by atoms with E-state index >= 15 is 0 Å². The van der Waals surface area contributed by atoms with Gasteiger partial charge in [-0.05, 0) is 49.7 Å². The maximum absolute atomic E-state index is 12.3. The highest BCUT2D eigenvalue weighted by Crippen LogP contribution is 2.45. The first-order valence-corrected chi connectivity index (χ1v) is 11.5. The van der Waals surface area contributed by atoms with Crippen LogP contribution in [0.3, 0.4) is 0 Å². The molecule has 0 fully saturated rings. The van der Waals surface area contributed by atoms with Gasteiger partial charge in [0.25, 0.3) is 0 Å². The Morgan fingerprint density at radius 3 is 2.42 bits per heavy atom. The van der Waals surface area contributed by atoms with Gasteiger partial charge in [-0.1, -0.05) is 30.3 Å². The van der Waals surface area contributed by atoms with Crippen molar-refractivity contribution in [3.05, 3.63) is 89.3 Å². The van der Waals surface area contributed by atoms with Crippen LogP contribution in [-0.2, 0) is 4.79 Å². The molecule has 4 rings (SSSR count). The molecule has 0 spiro atoms. The first kappa shape index (κ1) is 24.5. The SMILES string of the molecule is CCOc1ccc(C2C(C#N)=C(N)Oc3cc(OC(=O)COc4ccccc4)ccc32)cc1OCC. The number of carbonyl (C=O) groups is 1. The van der Waals surface area contributed by atoms with Crippen molar-refractivity contribution in [3.8, 4) is 34.8 Å². The fourth-order valence-corrected chi connectivity index (χ4v) is 3.91. The average Bonchev–Trinajstić information content (AvgIpc) is 2.88. The fraction of sp³-hybridized carbons (Fsp3) is 0.214. The molecule has 0 saturated carbocycles. The molecule has 0 radical (unpaired) electrons. The van der Waals surface area contributed by atoms with Crippen molar-refractivity contribution < 1.29 is 28.5 Å². The quantitative estimate of drug-likeness (QED) is 0.342. The third kappa shape index (κ3) is 5.36. The van der Waals surface area contributed by atoms with Crippen LogP contribution in [0.1, 0.15) is 30.9 Å². The summed E-state index contributed by atoms with van der Waals surface area (Å²) < 4.78 is 28.0. The van der Waals surface area contributed by atoms with E-state index in [1.54, 1.807) is 30.3 Å². The summed E-state index contributed by atoms with van der Waals surface area (Å²) in [6.07, 6.45) is 0. The second-order valence-electron chi connectivity index (χ2n) is 7.77. The molecule has 1 aliphatic rings. The molecule has 184 valence electrons. The van der Waals surface area contributed by atoms with Crippen LogP contribution >= 0.6 is 0 Å². The molecule has 0 saturated heterocycles. The summed E-state index contributed by atoms with van der Waals surface area (Å²) in [6.45, 7) is 4.48. The Balaban J connectivity index is 1.60. The lowest BCUT2D eigenvalue weighted by molar-refractivity contribution is -0.136. The van der Waals surface area contributed by atoms with Gasteiger partial charge >= 0.3 is 5.97 Å². The summed E-state index contributed by atoms with van der Waals surface area (Å²) in [6, 6.07) is 21.6. The van der Waals surface area contributed by atoms with Crippen molar-refractivity contribution in [2.45, 2.75) is 19.8 Å². The standard InChI is InChI=1S/C28H26N2O6/c1-3-32-23-13-10-18(14-25(23)33-4-2)27-21-12-11-20(15-24(21)36-28(30)22(27)16-29)35-26(31)17-34-19-8-6-5-7-9-19/h5-15,27H,3-4,17,30H2,1-2H3. The number of allylic oxidation sites excluding steroid dienone is 1. The zero-order valence-corrected chi connectivity index (χ0v) is 20.0. The number of benzene rings is 3. The smallest absolute Gasteiger partial charge is 0.349 e. The lowest BCUT2D eigenvalue weighted by atomic mass is 9.83. The van der Waals surface area contributed by atoms with Gasteiger partial charge < -0.3 is 29.4 Å². The number of fused-ring (bicyclic) bond motifs is 1. The number of para-hydroxylation sites is 1. The predicted molar refractivity (Wildman–Crippen MR) is 132 cm³/mol. The topological polar surface area (TPSA) is 113 Å². The largest absolute Gasteiger partial charge is 0.490 e. The minimum absolute atomic E-state index is 0.0160. The highest BCUT2D eigenvalue weighted by Gasteiger charge is 2.31. The maximum Gasteiger partial charge on any atom is 0.349 e. The average molecular weight is 487 g/mol. The van der Waals surface area contributed by atoms with Crippen molar-refractivity contribution in [3.63, 3.8) is 0 Å². The van der Waals surface area contributed by atoms with Crippen LogP contribution in [0.4, 0.5) is 0 Å². The summed E-state index contributed by atoms with van der Waals surface area (Å²) in [5.41, 5.74) is 7.88. The van der Waals surface area contributed by atoms with Crippen molar-refractivity contribution in [2.75, 3.05) is 19.8 Å². The molecule has 3 aromatic rings. The molecule has 8 nitrogen and oxygen atoms in total. The Hall–Kier alpha value is -4.64. The molecule has 1 aliphatic heterocycles. The van der Waals surface area contributed by atoms with Gasteiger partial charge in [0.05, 0.1) is 19.1 Å². The minimum atomic E-state index is -0.569. The number of hydrogen-bond acceptors (Lipinski definition) is 8. The summed E-state index contributed by atoms with van der Waals surface area (Å²) in [5.74, 6) is 1.32. The maximum atomic E-state index is 12.3. The first-order valence-electron chi connectivity index (χ1n) is 11.5. The third-order valence-electron chi connectivity index (χ3n) is 5.42. The zero-order valence-electron chi connectivity index (χ0n) is 20.0. The molecule has 1 heterocycles. The van der Waals surface area contributed by atoms with Crippen LogP contribution in [0.2, 0.25) is 0 Å². The number of ether oxygens (including phenoxy) is 5. The molecule has 1 atom stereocenters. The van der Waals surface area contributed by atoms with Gasteiger partial charge in [-0.3, -0.25) is 0 Å². The van der Waals surface area contributed by atoms with E-state index in [0.29, 0.717) is 41.8 Å². The molecular weight excluding hydrogens is 460 g/mol. The van der Waals surface area contributed by atoms with Crippen molar-refractivity contribution >= 4 is 5.97 Å². The molecule has 1 unspecified atom stereocenters. The number of hydrogen-bond donors (Lipinski definition) is 1. The molecular formula is C28H26N2O6. The highest BCUT2D eigenvalue weighted by molar-refractivity contribution is 5.74. The van der Waals surface area contributed by atoms with E-state index in [9.17, 15) is 10.1 Å². The van der Waals surface area contributed by atoms with Crippen LogP contribution < -0.4 is 29.4 Å². The van der Waals surface area contributed by atoms with Gasteiger partial charge in [0.2, 0.25) is 5.88 Å². The van der Waals surface area contributed by atoms with E-state index in [0.717, 1.165) is 5.56 Å². The minimum Gasteiger partial charge on any atom is -0.490 e. The molecule has 0 aromatic heterocycles. The highest BCUT2D eigenvalue weighted by atomic mass is 16.6. The predicted octanol–water partition coefficient (Wildman–Crippen LogP) is 4.69. The third-order valence-corrected chi connectivity index (χ3v) is 5.42. The van der Waals surface area contributed by atoms with E-state index in [1.165, 1.54) is 0 Å². The van der Waals surface area contributed by atoms with Gasteiger partial charge in [-0.2, -0.15) is 5.26 Å². The van der Waals surface area contributed by atoms with Crippen molar-refractivity contribution in [1.29, 1.82) is 5.26 Å². The fourth-order valence-electron chi connectivity index (χ4n) is 3.91. The van der Waals surface area contributed by atoms with E-state index in [-0.39, 0.29) is 23.8 Å². The first-order chi connectivity index (χ1) is 17.5. The van der Waals surface area contributed by atoms with E-state index < -0.39 is 11.9 Å². The van der Waals surface area contributed by atoms with Gasteiger partial charge in [-0.15, -0.1) is 0 Å². The van der Waals surface area contributed by atoms with Gasteiger partial charge in [0, 0.05) is 11.6 Å². The number of nitrogens with zero attached hydrogens (tertiary/aromatic N) is 1. The summed E-state index contributed by atoms with van der Waals surface area (Å²) >= 11 is 0. The van der Waals surface area contributed by atoms with Crippen LogP contribution in [0.25, 0.3) is 0 Å². The van der Waals surface area contributed by atoms with E-state index in [4.69, 9.17) is 29.4 Å². The van der Waals surface area contributed by atoms with Crippen LogP contribution in [0.5, 0.6) is 28.7 Å². The van der Waals surface area contributed by atoms with Gasteiger partial charge in [0.1, 0.15) is 28.9 Å². The Kier molecular flexibility index (Phi) is 7.61. The second kappa shape index (κ2) is 11.2. The molecule has 0 amide bonds. The molecule has 8 heteroatoms. The number of esters is 1. The van der Waals surface area contributed by atoms with Crippen LogP contribution in [0, 0.1) is 11.3 Å². The van der Waals surface area contributed by atoms with E-state index in [1.807, 2.05) is 50.2 Å². The zero-order chi connectivity index (χ0) is 25.5. The molecule has 0 aliphatic carbocycles. The van der Waals surface area contributed by atoms with Crippen molar-refractivity contribution in [2.24, 2.45) is 5.73 Å². The Morgan fingerprint density at radius 1 is 0.944 bits per heavy atom. The van der Waals surface area contributed by atoms with E-state index in [2.05, 4.69) is 6.07 Å². The van der Waals surface area contributed by atoms with Gasteiger partial charge in [-0.25, -0.2) is 4.79 Å². The summed E-state index contributed by atoms with van der Waals surface area (Å²) in [7, 11) is 0. The van der Waals surface area contributed by atoms with Crippen molar-refractivity contribution in [1.82, 2.24) is 0 Å². The van der Waals surface area contributed by atoms with Crippen LogP contribution in [-0.4, -0.2) is 25.8 Å². The Morgan fingerprint density at radius 2 is 1.69 bits per heavy atom. The normalized spacial score (nSPS) is 14.2. The monoisotopic (exact) mass is 486 g/mol. The molecule has 0 bridgehead atoms. The number of rotatable bonds is 9.